The van der Waals surface area contributed by atoms with Gasteiger partial charge in [-0.05, 0) is 37.4 Å². The van der Waals surface area contributed by atoms with Crippen LogP contribution in [0.1, 0.15) is 52.9 Å². The number of ether oxygens (including phenoxy) is 1. The number of esters is 1. The zero-order chi connectivity index (χ0) is 14.0. The number of thioether (sulfide) groups is 1. The molecule has 2 atom stereocenters. The highest BCUT2D eigenvalue weighted by atomic mass is 32.2. The van der Waals surface area contributed by atoms with Crippen molar-refractivity contribution < 1.29 is 13.9 Å². The molecule has 0 bridgehead atoms. The Morgan fingerprint density at radius 1 is 1.33 bits per heavy atom. The normalized spacial score (nSPS) is 14.6. The Bertz CT molecular complexity index is 222. The second-order valence-corrected chi connectivity index (χ2v) is 6.35. The van der Waals surface area contributed by atoms with E-state index in [2.05, 4.69) is 13.8 Å². The van der Waals surface area contributed by atoms with E-state index in [1.165, 1.54) is 7.11 Å². The van der Waals surface area contributed by atoms with Crippen LogP contribution in [-0.4, -0.2) is 30.3 Å². The van der Waals surface area contributed by atoms with Gasteiger partial charge >= 0.3 is 5.97 Å². The van der Waals surface area contributed by atoms with E-state index < -0.39 is 6.17 Å². The van der Waals surface area contributed by atoms with Crippen molar-refractivity contribution in [2.75, 3.05) is 12.9 Å². The van der Waals surface area contributed by atoms with E-state index >= 15 is 0 Å². The van der Waals surface area contributed by atoms with Gasteiger partial charge in [0.15, 0.2) is 0 Å². The molecule has 4 heteroatoms. The number of carbonyl (C=O) groups excluding carboxylic acids is 1. The van der Waals surface area contributed by atoms with Crippen LogP contribution in [0.4, 0.5) is 4.39 Å². The summed E-state index contributed by atoms with van der Waals surface area (Å²) < 4.78 is 18.1. The van der Waals surface area contributed by atoms with E-state index in [0.717, 1.165) is 25.0 Å². The highest BCUT2D eigenvalue weighted by Gasteiger charge is 2.20. The van der Waals surface area contributed by atoms with Gasteiger partial charge in [-0.2, -0.15) is 0 Å². The second-order valence-electron chi connectivity index (χ2n) is 5.04. The first-order valence-corrected chi connectivity index (χ1v) is 7.89. The summed E-state index contributed by atoms with van der Waals surface area (Å²) >= 11 is 1.60. The van der Waals surface area contributed by atoms with Crippen molar-refractivity contribution in [3.05, 3.63) is 0 Å². The molecule has 0 aromatic carbocycles. The molecular formula is C14H27FO2S. The van der Waals surface area contributed by atoms with Gasteiger partial charge in [0, 0.05) is 0 Å². The highest BCUT2D eigenvalue weighted by Crippen LogP contribution is 2.22. The van der Waals surface area contributed by atoms with Gasteiger partial charge in [-0.15, -0.1) is 11.8 Å². The molecule has 0 aliphatic rings. The SMILES string of the molecule is CCCC(F)CCCSC(CC(C)C)C(=O)OC. The van der Waals surface area contributed by atoms with E-state index in [9.17, 15) is 9.18 Å². The molecular weight excluding hydrogens is 251 g/mol. The van der Waals surface area contributed by atoms with Crippen molar-refractivity contribution in [2.45, 2.75) is 64.3 Å². The molecule has 18 heavy (non-hydrogen) atoms. The van der Waals surface area contributed by atoms with E-state index in [1.807, 2.05) is 6.92 Å². The number of rotatable bonds is 10. The Labute approximate surface area is 115 Å². The summed E-state index contributed by atoms with van der Waals surface area (Å²) in [7, 11) is 1.43. The summed E-state index contributed by atoms with van der Waals surface area (Å²) in [5.74, 6) is 1.14. The van der Waals surface area contributed by atoms with Gasteiger partial charge in [-0.3, -0.25) is 4.79 Å². The summed E-state index contributed by atoms with van der Waals surface area (Å²) in [6.45, 7) is 6.18. The lowest BCUT2D eigenvalue weighted by molar-refractivity contribution is -0.140. The third-order valence-corrected chi connectivity index (χ3v) is 4.04. The fraction of sp³-hybridized carbons (Fsp3) is 0.929. The standard InChI is InChI=1S/C14H27FO2S/c1-5-7-12(15)8-6-9-18-13(10-11(2)3)14(16)17-4/h11-13H,5-10H2,1-4H3. The quantitative estimate of drug-likeness (QED) is 0.442. The lowest BCUT2D eigenvalue weighted by Crippen LogP contribution is -2.21. The van der Waals surface area contributed by atoms with E-state index in [4.69, 9.17) is 4.74 Å². The third kappa shape index (κ3) is 8.78. The molecule has 0 aliphatic heterocycles. The van der Waals surface area contributed by atoms with Crippen LogP contribution in [-0.2, 0) is 9.53 Å². The minimum Gasteiger partial charge on any atom is -0.468 e. The number of alkyl halides is 1. The fourth-order valence-corrected chi connectivity index (χ4v) is 3.15. The highest BCUT2D eigenvalue weighted by molar-refractivity contribution is 8.00. The van der Waals surface area contributed by atoms with Crippen molar-refractivity contribution >= 4 is 17.7 Å². The first kappa shape index (κ1) is 17.8. The lowest BCUT2D eigenvalue weighted by Gasteiger charge is -2.16. The number of halogens is 1. The zero-order valence-corrected chi connectivity index (χ0v) is 12.9. The Hall–Kier alpha value is -0.250. The Kier molecular flexibility index (Phi) is 10.5. The molecule has 0 aromatic heterocycles. The third-order valence-electron chi connectivity index (χ3n) is 2.73. The average molecular weight is 278 g/mol. The number of hydrogen-bond acceptors (Lipinski definition) is 3. The van der Waals surface area contributed by atoms with Crippen LogP contribution >= 0.6 is 11.8 Å². The molecule has 0 amide bonds. The molecule has 0 saturated heterocycles. The number of carbonyl (C=O) groups is 1. The van der Waals surface area contributed by atoms with Gasteiger partial charge in [-0.1, -0.05) is 27.2 Å². The summed E-state index contributed by atoms with van der Waals surface area (Å²) in [4.78, 5) is 11.6. The van der Waals surface area contributed by atoms with Crippen molar-refractivity contribution in [1.82, 2.24) is 0 Å². The molecule has 0 spiro atoms. The van der Waals surface area contributed by atoms with Crippen molar-refractivity contribution in [1.29, 1.82) is 0 Å². The fourth-order valence-electron chi connectivity index (χ4n) is 1.78. The van der Waals surface area contributed by atoms with Gasteiger partial charge in [0.05, 0.1) is 7.11 Å². The molecule has 0 saturated carbocycles. The first-order valence-electron chi connectivity index (χ1n) is 6.84. The van der Waals surface area contributed by atoms with E-state index in [1.54, 1.807) is 11.8 Å². The first-order chi connectivity index (χ1) is 8.51. The molecule has 0 aromatic rings. The largest absolute Gasteiger partial charge is 0.468 e. The van der Waals surface area contributed by atoms with Gasteiger partial charge in [0.1, 0.15) is 11.4 Å². The second kappa shape index (κ2) is 10.7. The van der Waals surface area contributed by atoms with E-state index in [-0.39, 0.29) is 11.2 Å². The van der Waals surface area contributed by atoms with Crippen LogP contribution in [0.3, 0.4) is 0 Å². The Morgan fingerprint density at radius 3 is 2.50 bits per heavy atom. The van der Waals surface area contributed by atoms with Gasteiger partial charge in [0.2, 0.25) is 0 Å². The lowest BCUT2D eigenvalue weighted by atomic mass is 10.1. The average Bonchev–Trinajstić information content (AvgIpc) is 2.32. The van der Waals surface area contributed by atoms with Crippen LogP contribution in [0.25, 0.3) is 0 Å². The molecule has 2 unspecified atom stereocenters. The van der Waals surface area contributed by atoms with Crippen molar-refractivity contribution in [3.63, 3.8) is 0 Å². The number of methoxy groups -OCH3 is 1. The predicted molar refractivity (Wildman–Crippen MR) is 76.8 cm³/mol. The molecule has 0 fully saturated rings. The molecule has 0 N–H and O–H groups in total. The molecule has 0 rings (SSSR count). The Balaban J connectivity index is 3.86. The van der Waals surface area contributed by atoms with Crippen LogP contribution < -0.4 is 0 Å². The van der Waals surface area contributed by atoms with Gasteiger partial charge in [0.25, 0.3) is 0 Å². The summed E-state index contributed by atoms with van der Waals surface area (Å²) in [5, 5.41) is -0.0979. The molecule has 2 nitrogen and oxygen atoms in total. The smallest absolute Gasteiger partial charge is 0.318 e. The monoisotopic (exact) mass is 278 g/mol. The van der Waals surface area contributed by atoms with Gasteiger partial charge < -0.3 is 4.74 Å². The van der Waals surface area contributed by atoms with Crippen LogP contribution in [0, 0.1) is 5.92 Å². The van der Waals surface area contributed by atoms with Crippen molar-refractivity contribution in [3.8, 4) is 0 Å². The zero-order valence-electron chi connectivity index (χ0n) is 12.1. The molecule has 0 aliphatic carbocycles. The molecule has 108 valence electrons. The summed E-state index contributed by atoms with van der Waals surface area (Å²) in [6, 6.07) is 0. The Morgan fingerprint density at radius 2 is 2.00 bits per heavy atom. The summed E-state index contributed by atoms with van der Waals surface area (Å²) in [6.07, 6.45) is 3.13. The minimum absolute atomic E-state index is 0.0979. The predicted octanol–water partition coefficient (Wildman–Crippen LogP) is 4.23. The topological polar surface area (TPSA) is 26.3 Å². The molecule has 0 radical (unpaired) electrons. The maximum absolute atomic E-state index is 13.3. The van der Waals surface area contributed by atoms with Crippen molar-refractivity contribution in [2.24, 2.45) is 5.92 Å². The molecule has 0 heterocycles. The van der Waals surface area contributed by atoms with E-state index in [0.29, 0.717) is 18.8 Å². The van der Waals surface area contributed by atoms with Gasteiger partial charge in [-0.25, -0.2) is 4.39 Å². The summed E-state index contributed by atoms with van der Waals surface area (Å²) in [5.41, 5.74) is 0. The maximum atomic E-state index is 13.3. The van der Waals surface area contributed by atoms with Crippen LogP contribution in [0.15, 0.2) is 0 Å². The van der Waals surface area contributed by atoms with Crippen LogP contribution in [0.5, 0.6) is 0 Å². The van der Waals surface area contributed by atoms with Crippen LogP contribution in [0.2, 0.25) is 0 Å². The number of hydrogen-bond donors (Lipinski definition) is 0. The minimum atomic E-state index is -0.683. The maximum Gasteiger partial charge on any atom is 0.318 e.